The first kappa shape index (κ1) is 21.4. The van der Waals surface area contributed by atoms with Gasteiger partial charge < -0.3 is 39.7 Å². The molecule has 0 bridgehead atoms. The Morgan fingerprint density at radius 1 is 1.19 bits per heavy atom. The van der Waals surface area contributed by atoms with Gasteiger partial charge in [0.15, 0.2) is 11.5 Å². The number of ether oxygens (including phenoxy) is 3. The molecule has 1 aliphatic rings. The highest BCUT2D eigenvalue weighted by Crippen LogP contribution is 2.41. The average molecular weight is 386 g/mol. The molecule has 1 heterocycles. The summed E-state index contributed by atoms with van der Waals surface area (Å²) in [6.45, 7) is 0.982. The first-order valence-electron chi connectivity index (χ1n) is 8.63. The summed E-state index contributed by atoms with van der Waals surface area (Å²) in [6.07, 6.45) is -5.81. The van der Waals surface area contributed by atoms with Crippen LogP contribution in [0.25, 0.3) is 0 Å². The van der Waals surface area contributed by atoms with Gasteiger partial charge in [0.2, 0.25) is 0 Å². The maximum atomic E-state index is 10.8. The monoisotopic (exact) mass is 386 g/mol. The third kappa shape index (κ3) is 4.88. The number of methoxy groups -OCH3 is 1. The van der Waals surface area contributed by atoms with Crippen LogP contribution in [-0.2, 0) is 20.7 Å². The molecule has 0 aliphatic carbocycles. The van der Waals surface area contributed by atoms with Crippen LogP contribution >= 0.6 is 0 Å². The lowest BCUT2D eigenvalue weighted by Crippen LogP contribution is -2.55. The first-order chi connectivity index (χ1) is 12.8. The van der Waals surface area contributed by atoms with E-state index < -0.39 is 37.1 Å². The Hall–Kier alpha value is -1.91. The van der Waals surface area contributed by atoms with Gasteiger partial charge in [-0.15, -0.1) is 0 Å². The molecule has 1 saturated heterocycles. The second kappa shape index (κ2) is 9.34. The minimum Gasteiger partial charge on any atom is -0.504 e. The molecule has 1 fully saturated rings. The van der Waals surface area contributed by atoms with Crippen molar-refractivity contribution >= 4 is 5.97 Å². The zero-order valence-corrected chi connectivity index (χ0v) is 15.2. The molecule has 1 aliphatic heterocycles. The maximum absolute atomic E-state index is 10.8. The van der Waals surface area contributed by atoms with Crippen LogP contribution in [0.4, 0.5) is 0 Å². The van der Waals surface area contributed by atoms with Crippen LogP contribution in [0.15, 0.2) is 12.1 Å². The Bertz CT molecular complexity index is 646. The number of carbonyl (C=O) groups excluding carboxylic acids is 1. The smallest absolute Gasteiger partial charge is 0.302 e. The lowest BCUT2D eigenvalue weighted by Gasteiger charge is -2.40. The number of hydrogen-bond donors (Lipinski definition) is 5. The molecule has 0 unspecified atom stereocenters. The number of phenolic OH excluding ortho intramolecular Hbond substituents is 1. The van der Waals surface area contributed by atoms with Gasteiger partial charge in [0.05, 0.1) is 20.3 Å². The van der Waals surface area contributed by atoms with Crippen LogP contribution in [-0.4, -0.2) is 76.2 Å². The van der Waals surface area contributed by atoms with Gasteiger partial charge in [-0.3, -0.25) is 4.79 Å². The Morgan fingerprint density at radius 2 is 1.89 bits per heavy atom. The van der Waals surface area contributed by atoms with E-state index in [1.165, 1.54) is 14.0 Å². The second-order valence-electron chi connectivity index (χ2n) is 6.43. The van der Waals surface area contributed by atoms with Crippen LogP contribution in [0.1, 0.15) is 30.6 Å². The molecule has 5 atom stereocenters. The molecule has 1 aromatic rings. The van der Waals surface area contributed by atoms with E-state index in [-0.39, 0.29) is 29.6 Å². The van der Waals surface area contributed by atoms with Gasteiger partial charge in [-0.2, -0.15) is 0 Å². The molecule has 152 valence electrons. The van der Waals surface area contributed by atoms with Crippen LogP contribution in [0, 0.1) is 0 Å². The molecule has 0 aromatic heterocycles. The van der Waals surface area contributed by atoms with E-state index in [0.717, 1.165) is 5.56 Å². The van der Waals surface area contributed by atoms with Crippen LogP contribution < -0.4 is 4.74 Å². The normalized spacial score (nSPS) is 28.0. The van der Waals surface area contributed by atoms with Crippen molar-refractivity contribution in [3.8, 4) is 11.5 Å². The summed E-state index contributed by atoms with van der Waals surface area (Å²) in [5, 5.41) is 50.0. The molecule has 27 heavy (non-hydrogen) atoms. The predicted octanol–water partition coefficient (Wildman–Crippen LogP) is -0.589. The number of aryl methyl sites for hydroxylation is 1. The largest absolute Gasteiger partial charge is 0.504 e. The number of aliphatic hydroxyl groups is 4. The number of rotatable bonds is 7. The molecule has 0 spiro atoms. The number of hydrogen-bond acceptors (Lipinski definition) is 9. The zero-order valence-electron chi connectivity index (χ0n) is 15.2. The maximum Gasteiger partial charge on any atom is 0.302 e. The predicted molar refractivity (Wildman–Crippen MR) is 92.3 cm³/mol. The first-order valence-corrected chi connectivity index (χ1v) is 8.63. The lowest BCUT2D eigenvalue weighted by atomic mass is 9.89. The quantitative estimate of drug-likeness (QED) is 0.306. The Labute approximate surface area is 156 Å². The highest BCUT2D eigenvalue weighted by Gasteiger charge is 2.45. The molecule has 0 amide bonds. The Balaban J connectivity index is 2.28. The molecule has 9 heteroatoms. The molecule has 0 radical (unpaired) electrons. The fourth-order valence-corrected chi connectivity index (χ4v) is 3.06. The van der Waals surface area contributed by atoms with Crippen molar-refractivity contribution in [2.75, 3.05) is 20.3 Å². The summed E-state index contributed by atoms with van der Waals surface area (Å²) in [6, 6.07) is 3.19. The number of carbonyl (C=O) groups is 1. The lowest BCUT2D eigenvalue weighted by molar-refractivity contribution is -0.232. The van der Waals surface area contributed by atoms with Gasteiger partial charge in [-0.25, -0.2) is 0 Å². The van der Waals surface area contributed by atoms with E-state index >= 15 is 0 Å². The minimum atomic E-state index is -1.56. The number of aliphatic hydroxyl groups excluding tert-OH is 4. The van der Waals surface area contributed by atoms with Crippen molar-refractivity contribution < 1.29 is 44.5 Å². The van der Waals surface area contributed by atoms with Crippen LogP contribution in [0.5, 0.6) is 11.5 Å². The SMILES string of the molecule is COc1cc(CCCOC(C)=O)cc([C@@H]2O[C@H](CO)[C@@H](O)[C@H](O)[C@H]2O)c1O. The topological polar surface area (TPSA) is 146 Å². The molecule has 0 saturated carbocycles. The zero-order chi connectivity index (χ0) is 20.1. The number of benzene rings is 1. The van der Waals surface area contributed by atoms with Crippen molar-refractivity contribution in [3.05, 3.63) is 23.3 Å². The van der Waals surface area contributed by atoms with Crippen LogP contribution in [0.2, 0.25) is 0 Å². The second-order valence-corrected chi connectivity index (χ2v) is 6.43. The van der Waals surface area contributed by atoms with E-state index in [1.807, 2.05) is 0 Å². The van der Waals surface area contributed by atoms with Gasteiger partial charge in [0.25, 0.3) is 0 Å². The van der Waals surface area contributed by atoms with Gasteiger partial charge in [0, 0.05) is 12.5 Å². The van der Waals surface area contributed by atoms with E-state index in [0.29, 0.717) is 12.8 Å². The fraction of sp³-hybridized carbons (Fsp3) is 0.611. The van der Waals surface area contributed by atoms with Crippen molar-refractivity contribution in [3.63, 3.8) is 0 Å². The molecule has 1 aromatic carbocycles. The summed E-state index contributed by atoms with van der Waals surface area (Å²) in [4.78, 5) is 10.8. The average Bonchev–Trinajstić information content (AvgIpc) is 2.64. The number of aromatic hydroxyl groups is 1. The van der Waals surface area contributed by atoms with E-state index in [2.05, 4.69) is 0 Å². The molecule has 5 N–H and O–H groups in total. The molecule has 9 nitrogen and oxygen atoms in total. The summed E-state index contributed by atoms with van der Waals surface area (Å²) < 4.78 is 15.6. The third-order valence-corrected chi connectivity index (χ3v) is 4.50. The fourth-order valence-electron chi connectivity index (χ4n) is 3.06. The molecule has 2 rings (SSSR count). The van der Waals surface area contributed by atoms with Crippen molar-refractivity contribution in [1.82, 2.24) is 0 Å². The number of phenols is 1. The Kier molecular flexibility index (Phi) is 7.40. The van der Waals surface area contributed by atoms with Crippen molar-refractivity contribution in [2.24, 2.45) is 0 Å². The number of esters is 1. The standard InChI is InChI=1S/C18H26O9/c1-9(20)26-5-3-4-10-6-11(14(21)12(7-10)25-2)18-17(24)16(23)15(22)13(8-19)27-18/h6-7,13,15-19,21-24H,3-5,8H2,1-2H3/t13-,15-,16+,17-,18+/m1/s1. The Morgan fingerprint density at radius 3 is 2.48 bits per heavy atom. The summed E-state index contributed by atoms with van der Waals surface area (Å²) in [7, 11) is 1.37. The van der Waals surface area contributed by atoms with Gasteiger partial charge >= 0.3 is 5.97 Å². The van der Waals surface area contributed by atoms with Crippen LogP contribution in [0.3, 0.4) is 0 Å². The summed E-state index contributed by atoms with van der Waals surface area (Å²) in [5.74, 6) is -0.502. The highest BCUT2D eigenvalue weighted by atomic mass is 16.5. The van der Waals surface area contributed by atoms with Gasteiger partial charge in [-0.1, -0.05) is 0 Å². The van der Waals surface area contributed by atoms with E-state index in [9.17, 15) is 30.3 Å². The van der Waals surface area contributed by atoms with Gasteiger partial charge in [-0.05, 0) is 30.5 Å². The molecular weight excluding hydrogens is 360 g/mol. The summed E-state index contributed by atoms with van der Waals surface area (Å²) in [5.41, 5.74) is 0.887. The molecular formula is C18H26O9. The summed E-state index contributed by atoms with van der Waals surface area (Å²) >= 11 is 0. The minimum absolute atomic E-state index is 0.145. The van der Waals surface area contributed by atoms with Gasteiger partial charge in [0.1, 0.15) is 30.5 Å². The third-order valence-electron chi connectivity index (χ3n) is 4.50. The van der Waals surface area contributed by atoms with E-state index in [1.54, 1.807) is 12.1 Å². The van der Waals surface area contributed by atoms with Crippen molar-refractivity contribution in [1.29, 1.82) is 0 Å². The van der Waals surface area contributed by atoms with Crippen molar-refractivity contribution in [2.45, 2.75) is 50.3 Å². The highest BCUT2D eigenvalue weighted by molar-refractivity contribution is 5.65. The van der Waals surface area contributed by atoms with E-state index in [4.69, 9.17) is 14.2 Å².